The highest BCUT2D eigenvalue weighted by molar-refractivity contribution is 7.19. The number of fused-ring (bicyclic) bond motifs is 3. The highest BCUT2D eigenvalue weighted by atomic mass is 32.1. The summed E-state index contributed by atoms with van der Waals surface area (Å²) in [5, 5.41) is 14.1. The first-order valence-electron chi connectivity index (χ1n) is 7.75. The van der Waals surface area contributed by atoms with Gasteiger partial charge in [0, 0.05) is 37.9 Å². The lowest BCUT2D eigenvalue weighted by Gasteiger charge is -2.10. The van der Waals surface area contributed by atoms with E-state index >= 15 is 0 Å². The number of rotatable bonds is 2. The number of nitrogens with one attached hydrogen (secondary N) is 2. The van der Waals surface area contributed by atoms with Crippen molar-refractivity contribution in [2.45, 2.75) is 6.92 Å². The Bertz CT molecular complexity index is 1200. The van der Waals surface area contributed by atoms with Crippen LogP contribution in [0.15, 0.2) is 54.9 Å². The quantitative estimate of drug-likeness (QED) is 0.457. The molecule has 5 rings (SSSR count). The minimum Gasteiger partial charge on any atom is -0.355 e. The number of hydrogen-bond acceptors (Lipinski definition) is 4. The number of nitrogens with zero attached hydrogens (tertiary/aromatic N) is 2. The molecule has 3 aromatic heterocycles. The first kappa shape index (κ1) is 13.5. The van der Waals surface area contributed by atoms with E-state index in [2.05, 4.69) is 63.8 Å². The summed E-state index contributed by atoms with van der Waals surface area (Å²) in [6.45, 7) is 2.14. The van der Waals surface area contributed by atoms with Crippen molar-refractivity contribution in [2.75, 3.05) is 5.32 Å². The summed E-state index contributed by atoms with van der Waals surface area (Å²) in [6, 6.07) is 14.8. The molecule has 24 heavy (non-hydrogen) atoms. The van der Waals surface area contributed by atoms with E-state index in [4.69, 9.17) is 0 Å². The molecule has 0 bridgehead atoms. The zero-order valence-electron chi connectivity index (χ0n) is 13.0. The molecule has 0 aliphatic carbocycles. The van der Waals surface area contributed by atoms with Crippen LogP contribution in [0.5, 0.6) is 0 Å². The maximum absolute atomic E-state index is 4.53. The average Bonchev–Trinajstić information content (AvgIpc) is 3.17. The van der Waals surface area contributed by atoms with Gasteiger partial charge in [-0.3, -0.25) is 10.1 Å². The Morgan fingerprint density at radius 2 is 2.00 bits per heavy atom. The van der Waals surface area contributed by atoms with Gasteiger partial charge in [-0.15, -0.1) is 11.3 Å². The molecule has 2 aromatic carbocycles. The molecule has 5 aromatic rings. The Kier molecular flexibility index (Phi) is 2.84. The van der Waals surface area contributed by atoms with E-state index in [1.165, 1.54) is 15.0 Å². The number of benzene rings is 2. The van der Waals surface area contributed by atoms with Gasteiger partial charge in [-0.25, -0.2) is 0 Å². The molecule has 4 nitrogen and oxygen atoms in total. The minimum absolute atomic E-state index is 1.01. The van der Waals surface area contributed by atoms with Crippen molar-refractivity contribution in [3.05, 3.63) is 59.7 Å². The maximum atomic E-state index is 4.53. The van der Waals surface area contributed by atoms with Crippen LogP contribution in [0.1, 0.15) is 4.88 Å². The molecule has 0 radical (unpaired) electrons. The summed E-state index contributed by atoms with van der Waals surface area (Å²) in [7, 11) is 0. The van der Waals surface area contributed by atoms with Gasteiger partial charge in [0.2, 0.25) is 0 Å². The Labute approximate surface area is 142 Å². The monoisotopic (exact) mass is 330 g/mol. The van der Waals surface area contributed by atoms with Crippen molar-refractivity contribution in [3.63, 3.8) is 0 Å². The van der Waals surface area contributed by atoms with Crippen LogP contribution < -0.4 is 5.32 Å². The number of hydrogen-bond donors (Lipinski definition) is 2. The lowest BCUT2D eigenvalue weighted by Crippen LogP contribution is -1.92. The lowest BCUT2D eigenvalue weighted by atomic mass is 10.1. The molecule has 0 spiro atoms. The number of pyridine rings is 1. The second-order valence-corrected chi connectivity index (χ2v) is 7.21. The molecule has 0 aliphatic rings. The highest BCUT2D eigenvalue weighted by Gasteiger charge is 2.07. The van der Waals surface area contributed by atoms with Crippen molar-refractivity contribution in [1.82, 2.24) is 15.2 Å². The summed E-state index contributed by atoms with van der Waals surface area (Å²) >= 11 is 1.82. The zero-order chi connectivity index (χ0) is 16.1. The van der Waals surface area contributed by atoms with Gasteiger partial charge in [0.25, 0.3) is 0 Å². The fourth-order valence-corrected chi connectivity index (χ4v) is 4.04. The molecule has 0 saturated carbocycles. The van der Waals surface area contributed by atoms with Gasteiger partial charge in [-0.05, 0) is 54.8 Å². The molecule has 0 fully saturated rings. The van der Waals surface area contributed by atoms with E-state index in [1.807, 2.05) is 29.8 Å². The van der Waals surface area contributed by atoms with E-state index in [9.17, 15) is 0 Å². The van der Waals surface area contributed by atoms with Gasteiger partial charge in [0.05, 0.1) is 17.2 Å². The molecule has 0 atom stereocenters. The third kappa shape index (κ3) is 2.13. The summed E-state index contributed by atoms with van der Waals surface area (Å²) in [6.07, 6.45) is 3.68. The molecule has 0 amide bonds. The van der Waals surface area contributed by atoms with Crippen molar-refractivity contribution in [3.8, 4) is 0 Å². The lowest BCUT2D eigenvalue weighted by molar-refractivity contribution is 1.12. The molecular formula is C19H14N4S. The first-order valence-corrected chi connectivity index (χ1v) is 8.57. The predicted octanol–water partition coefficient (Wildman–Crippen LogP) is 5.38. The van der Waals surface area contributed by atoms with Gasteiger partial charge in [0.1, 0.15) is 0 Å². The molecule has 3 heterocycles. The van der Waals surface area contributed by atoms with Gasteiger partial charge >= 0.3 is 0 Å². The summed E-state index contributed by atoms with van der Waals surface area (Å²) in [5.41, 5.74) is 4.12. The summed E-state index contributed by atoms with van der Waals surface area (Å²) in [5.74, 6) is 0. The van der Waals surface area contributed by atoms with Crippen LogP contribution >= 0.6 is 11.3 Å². The average molecular weight is 330 g/mol. The molecule has 0 saturated heterocycles. The van der Waals surface area contributed by atoms with Crippen LogP contribution in [-0.2, 0) is 0 Å². The third-order valence-electron chi connectivity index (χ3n) is 4.22. The second-order valence-electron chi connectivity index (χ2n) is 5.92. The fraction of sp³-hybridized carbons (Fsp3) is 0.0526. The number of H-pyrrole nitrogens is 1. The van der Waals surface area contributed by atoms with Gasteiger partial charge in [-0.2, -0.15) is 5.10 Å². The van der Waals surface area contributed by atoms with E-state index in [0.717, 1.165) is 33.2 Å². The Hall–Kier alpha value is -2.92. The second kappa shape index (κ2) is 5.04. The van der Waals surface area contributed by atoms with Gasteiger partial charge < -0.3 is 5.32 Å². The van der Waals surface area contributed by atoms with E-state index in [0.29, 0.717) is 0 Å². The molecule has 5 heteroatoms. The molecule has 0 aliphatic heterocycles. The van der Waals surface area contributed by atoms with E-state index in [1.54, 1.807) is 0 Å². The molecular weight excluding hydrogens is 316 g/mol. The fourth-order valence-electron chi connectivity index (χ4n) is 3.09. The predicted molar refractivity (Wildman–Crippen MR) is 101 cm³/mol. The van der Waals surface area contributed by atoms with Crippen LogP contribution in [0.25, 0.3) is 31.9 Å². The van der Waals surface area contributed by atoms with Gasteiger partial charge in [0.15, 0.2) is 0 Å². The van der Waals surface area contributed by atoms with E-state index in [-0.39, 0.29) is 0 Å². The van der Waals surface area contributed by atoms with Crippen LogP contribution in [0, 0.1) is 6.92 Å². The van der Waals surface area contributed by atoms with Gasteiger partial charge in [-0.1, -0.05) is 0 Å². The third-order valence-corrected chi connectivity index (χ3v) is 5.24. The van der Waals surface area contributed by atoms with E-state index < -0.39 is 0 Å². The van der Waals surface area contributed by atoms with Crippen molar-refractivity contribution < 1.29 is 0 Å². The van der Waals surface area contributed by atoms with Crippen LogP contribution in [0.2, 0.25) is 0 Å². The number of aromatic nitrogens is 3. The van der Waals surface area contributed by atoms with Crippen LogP contribution in [0.4, 0.5) is 11.4 Å². The standard InChI is InChI=1S/C19H14N4S/c1-11-6-13-7-18-15(9-19(13)24-11)16(4-5-20-18)22-14-3-2-12-10-21-23-17(12)8-14/h2-10H,1H3,(H,20,22)(H,21,23). The number of aryl methyl sites for hydroxylation is 1. The van der Waals surface area contributed by atoms with Crippen LogP contribution in [-0.4, -0.2) is 15.2 Å². The molecule has 0 unspecified atom stereocenters. The first-order chi connectivity index (χ1) is 11.8. The number of thiophene rings is 1. The van der Waals surface area contributed by atoms with Crippen molar-refractivity contribution in [2.24, 2.45) is 0 Å². The van der Waals surface area contributed by atoms with Crippen molar-refractivity contribution >= 4 is 54.6 Å². The molecule has 116 valence electrons. The topological polar surface area (TPSA) is 53.6 Å². The van der Waals surface area contributed by atoms with Crippen LogP contribution in [0.3, 0.4) is 0 Å². The smallest absolute Gasteiger partial charge is 0.0729 e. The molecule has 2 N–H and O–H groups in total. The Balaban J connectivity index is 1.65. The Morgan fingerprint density at radius 3 is 2.96 bits per heavy atom. The summed E-state index contributed by atoms with van der Waals surface area (Å²) < 4.78 is 1.29. The normalized spacial score (nSPS) is 11.5. The number of anilines is 2. The summed E-state index contributed by atoms with van der Waals surface area (Å²) in [4.78, 5) is 5.85. The maximum Gasteiger partial charge on any atom is 0.0729 e. The minimum atomic E-state index is 1.01. The number of aromatic amines is 1. The Morgan fingerprint density at radius 1 is 1.04 bits per heavy atom. The largest absolute Gasteiger partial charge is 0.355 e. The zero-order valence-corrected chi connectivity index (χ0v) is 13.8. The van der Waals surface area contributed by atoms with Crippen molar-refractivity contribution in [1.29, 1.82) is 0 Å². The highest BCUT2D eigenvalue weighted by Crippen LogP contribution is 2.33. The SMILES string of the molecule is Cc1cc2cc3nccc(Nc4ccc5cn[nH]c5c4)c3cc2s1.